The van der Waals surface area contributed by atoms with E-state index in [0.717, 1.165) is 6.07 Å². The van der Waals surface area contributed by atoms with Gasteiger partial charge in [-0.05, 0) is 40.0 Å². The maximum atomic E-state index is 13.4. The SMILES string of the molecule is CC(C)C[C@@H](c1c(O)cc(O)c(C(=O)C(C)C)c1O)C1C(=O)C(C)(C)C(=O)C(C)(C)C1=O. The van der Waals surface area contributed by atoms with Crippen LogP contribution in [0.1, 0.15) is 83.7 Å². The van der Waals surface area contributed by atoms with Crippen LogP contribution in [0.4, 0.5) is 0 Å². The summed E-state index contributed by atoms with van der Waals surface area (Å²) in [6.45, 7) is 12.9. The van der Waals surface area contributed by atoms with Gasteiger partial charge in [-0.25, -0.2) is 0 Å². The quantitative estimate of drug-likeness (QED) is 0.442. The molecule has 0 saturated heterocycles. The maximum Gasteiger partial charge on any atom is 0.172 e. The molecule has 0 aliphatic heterocycles. The van der Waals surface area contributed by atoms with E-state index in [9.17, 15) is 34.5 Å². The lowest BCUT2D eigenvalue weighted by atomic mass is 9.55. The van der Waals surface area contributed by atoms with Crippen LogP contribution >= 0.6 is 0 Å². The van der Waals surface area contributed by atoms with Gasteiger partial charge in [0.15, 0.2) is 23.1 Å². The second kappa shape index (κ2) is 8.34. The molecule has 0 bridgehead atoms. The number of phenols is 3. The van der Waals surface area contributed by atoms with Gasteiger partial charge in [-0.3, -0.25) is 19.2 Å². The number of hydrogen-bond donors (Lipinski definition) is 3. The minimum atomic E-state index is -1.43. The van der Waals surface area contributed by atoms with E-state index in [4.69, 9.17) is 0 Å². The van der Waals surface area contributed by atoms with Crippen molar-refractivity contribution in [1.29, 1.82) is 0 Å². The number of rotatable bonds is 6. The van der Waals surface area contributed by atoms with Gasteiger partial charge in [-0.1, -0.05) is 27.7 Å². The van der Waals surface area contributed by atoms with Crippen LogP contribution in [0.5, 0.6) is 17.2 Å². The number of benzene rings is 1. The summed E-state index contributed by atoms with van der Waals surface area (Å²) >= 11 is 0. The van der Waals surface area contributed by atoms with Crippen LogP contribution in [-0.2, 0) is 14.4 Å². The largest absolute Gasteiger partial charge is 0.507 e. The first-order valence-corrected chi connectivity index (χ1v) is 10.9. The van der Waals surface area contributed by atoms with Gasteiger partial charge in [0, 0.05) is 23.5 Å². The zero-order valence-corrected chi connectivity index (χ0v) is 20.1. The van der Waals surface area contributed by atoms with Crippen LogP contribution in [-0.4, -0.2) is 38.5 Å². The zero-order chi connectivity index (χ0) is 24.9. The van der Waals surface area contributed by atoms with E-state index in [-0.39, 0.29) is 23.5 Å². The Morgan fingerprint density at radius 2 is 1.38 bits per heavy atom. The summed E-state index contributed by atoms with van der Waals surface area (Å²) in [5.74, 6) is -6.81. The first kappa shape index (κ1) is 25.6. The number of ketones is 4. The summed E-state index contributed by atoms with van der Waals surface area (Å²) < 4.78 is 0. The van der Waals surface area contributed by atoms with Gasteiger partial charge >= 0.3 is 0 Å². The first-order valence-electron chi connectivity index (χ1n) is 10.9. The van der Waals surface area contributed by atoms with E-state index < -0.39 is 69.0 Å². The minimum Gasteiger partial charge on any atom is -0.507 e. The number of hydrogen-bond acceptors (Lipinski definition) is 7. The van der Waals surface area contributed by atoms with Gasteiger partial charge < -0.3 is 15.3 Å². The summed E-state index contributed by atoms with van der Waals surface area (Å²) in [6.07, 6.45) is 0.226. The molecule has 176 valence electrons. The smallest absolute Gasteiger partial charge is 0.172 e. The van der Waals surface area contributed by atoms with Crippen molar-refractivity contribution in [1.82, 2.24) is 0 Å². The fraction of sp³-hybridized carbons (Fsp3) is 0.600. The van der Waals surface area contributed by atoms with Crippen molar-refractivity contribution in [2.75, 3.05) is 0 Å². The Morgan fingerprint density at radius 1 is 0.906 bits per heavy atom. The van der Waals surface area contributed by atoms with E-state index in [0.29, 0.717) is 0 Å². The second-order valence-corrected chi connectivity index (χ2v) is 10.6. The molecule has 0 spiro atoms. The van der Waals surface area contributed by atoms with Crippen LogP contribution in [0.3, 0.4) is 0 Å². The molecule has 7 nitrogen and oxygen atoms in total. The maximum absolute atomic E-state index is 13.4. The van der Waals surface area contributed by atoms with E-state index in [2.05, 4.69) is 0 Å². The lowest BCUT2D eigenvalue weighted by Crippen LogP contribution is -2.58. The molecule has 0 amide bonds. The van der Waals surface area contributed by atoms with Crippen LogP contribution in [0.25, 0.3) is 0 Å². The van der Waals surface area contributed by atoms with Crippen LogP contribution in [0, 0.1) is 28.6 Å². The van der Waals surface area contributed by atoms with E-state index in [1.165, 1.54) is 27.7 Å². The molecular formula is C25H34O7. The molecule has 0 aromatic heterocycles. The average Bonchev–Trinajstić information content (AvgIpc) is 2.65. The minimum absolute atomic E-state index is 0.0543. The molecule has 3 N–H and O–H groups in total. The molecule has 2 rings (SSSR count). The zero-order valence-electron chi connectivity index (χ0n) is 20.1. The van der Waals surface area contributed by atoms with Gasteiger partial charge in [-0.15, -0.1) is 0 Å². The Bertz CT molecular complexity index is 952. The van der Waals surface area contributed by atoms with Crippen LogP contribution in [0.15, 0.2) is 6.07 Å². The molecule has 1 fully saturated rings. The van der Waals surface area contributed by atoms with Gasteiger partial charge in [0.1, 0.15) is 22.8 Å². The Kier molecular flexibility index (Phi) is 6.66. The molecule has 0 heterocycles. The van der Waals surface area contributed by atoms with E-state index in [1.807, 2.05) is 13.8 Å². The third-order valence-corrected chi connectivity index (χ3v) is 6.50. The Hall–Kier alpha value is -2.70. The third-order valence-electron chi connectivity index (χ3n) is 6.50. The predicted molar refractivity (Wildman–Crippen MR) is 119 cm³/mol. The Balaban J connectivity index is 2.85. The normalized spacial score (nSPS) is 19.6. The summed E-state index contributed by atoms with van der Waals surface area (Å²) in [5.41, 5.74) is -3.36. The molecular weight excluding hydrogens is 412 g/mol. The molecule has 1 saturated carbocycles. The summed E-state index contributed by atoms with van der Waals surface area (Å²) in [7, 11) is 0. The number of carbonyl (C=O) groups is 4. The third kappa shape index (κ3) is 3.93. The lowest BCUT2D eigenvalue weighted by Gasteiger charge is -2.43. The van der Waals surface area contributed by atoms with Crippen molar-refractivity contribution < 1.29 is 34.5 Å². The Labute approximate surface area is 188 Å². The number of carbonyl (C=O) groups excluding carboxylic acids is 4. The van der Waals surface area contributed by atoms with Crippen LogP contribution in [0.2, 0.25) is 0 Å². The second-order valence-electron chi connectivity index (χ2n) is 10.6. The van der Waals surface area contributed by atoms with Gasteiger partial charge in [0.25, 0.3) is 0 Å². The molecule has 1 aromatic carbocycles. The van der Waals surface area contributed by atoms with Crippen molar-refractivity contribution in [2.24, 2.45) is 28.6 Å². The monoisotopic (exact) mass is 446 g/mol. The Morgan fingerprint density at radius 3 is 1.78 bits per heavy atom. The number of aromatic hydroxyl groups is 3. The van der Waals surface area contributed by atoms with Gasteiger partial charge in [0.2, 0.25) is 0 Å². The molecule has 1 aliphatic carbocycles. The van der Waals surface area contributed by atoms with E-state index in [1.54, 1.807) is 13.8 Å². The first-order chi connectivity index (χ1) is 14.5. The topological polar surface area (TPSA) is 129 Å². The molecule has 32 heavy (non-hydrogen) atoms. The molecule has 1 atom stereocenters. The standard InChI is InChI=1S/C25H34O7/c1-11(2)9-13(17-21(30)24(5,6)23(32)25(7,8)22(17)31)16-14(26)10-15(27)18(20(16)29)19(28)12(3)4/h10-13,17,26-27,29H,9H2,1-8H3/t13-/m0/s1. The molecule has 0 radical (unpaired) electrons. The molecule has 0 unspecified atom stereocenters. The number of phenolic OH excluding ortho intramolecular Hbond substituents is 3. The summed E-state index contributed by atoms with van der Waals surface area (Å²) in [5, 5.41) is 32.0. The van der Waals surface area contributed by atoms with Crippen molar-refractivity contribution >= 4 is 23.1 Å². The molecule has 7 heteroatoms. The van der Waals surface area contributed by atoms with Crippen molar-refractivity contribution in [3.8, 4) is 17.2 Å². The predicted octanol–water partition coefficient (Wildman–Crippen LogP) is 4.16. The van der Waals surface area contributed by atoms with Crippen molar-refractivity contribution in [3.63, 3.8) is 0 Å². The highest BCUT2D eigenvalue weighted by atomic mass is 16.3. The number of Topliss-reactive ketones (excluding diaryl/α,β-unsaturated/α-hetero) is 4. The highest BCUT2D eigenvalue weighted by Gasteiger charge is 2.60. The summed E-state index contributed by atoms with van der Waals surface area (Å²) in [6, 6.07) is 0.956. The van der Waals surface area contributed by atoms with E-state index >= 15 is 0 Å². The van der Waals surface area contributed by atoms with Gasteiger partial charge in [-0.2, -0.15) is 0 Å². The molecule has 1 aromatic rings. The van der Waals surface area contributed by atoms with Crippen molar-refractivity contribution in [2.45, 2.75) is 67.7 Å². The lowest BCUT2D eigenvalue weighted by molar-refractivity contribution is -0.161. The average molecular weight is 447 g/mol. The van der Waals surface area contributed by atoms with Crippen molar-refractivity contribution in [3.05, 3.63) is 17.2 Å². The highest BCUT2D eigenvalue weighted by molar-refractivity contribution is 6.28. The van der Waals surface area contributed by atoms with Crippen LogP contribution < -0.4 is 0 Å². The highest BCUT2D eigenvalue weighted by Crippen LogP contribution is 2.52. The summed E-state index contributed by atoms with van der Waals surface area (Å²) in [4.78, 5) is 52.5. The molecule has 1 aliphatic rings. The fourth-order valence-electron chi connectivity index (χ4n) is 4.75. The van der Waals surface area contributed by atoms with Gasteiger partial charge in [0.05, 0.1) is 16.7 Å². The fourth-order valence-corrected chi connectivity index (χ4v) is 4.75.